The van der Waals surface area contributed by atoms with Gasteiger partial charge in [-0.25, -0.2) is 4.99 Å². The number of hydrogen-bond donors (Lipinski definition) is 1. The van der Waals surface area contributed by atoms with E-state index in [2.05, 4.69) is 4.99 Å². The first-order valence-corrected chi connectivity index (χ1v) is 2.05. The summed E-state index contributed by atoms with van der Waals surface area (Å²) in [7, 11) is 0. The van der Waals surface area contributed by atoms with Crippen LogP contribution in [-0.4, -0.2) is 24.2 Å². The molecule has 0 amide bonds. The van der Waals surface area contributed by atoms with Gasteiger partial charge in [-0.1, -0.05) is 0 Å². The average Bonchev–Trinajstić information content (AvgIpc) is 2.14. The Morgan fingerprint density at radius 2 is 2.86 bits per heavy atom. The topological polar surface area (TPSA) is 41.8 Å². The van der Waals surface area contributed by atoms with Crippen molar-refractivity contribution in [3.05, 3.63) is 6.54 Å². The van der Waals surface area contributed by atoms with Gasteiger partial charge in [-0.15, -0.1) is 0 Å². The van der Waals surface area contributed by atoms with Crippen LogP contribution in [0.15, 0.2) is 4.99 Å². The first kappa shape index (κ1) is 4.59. The second-order valence-electron chi connectivity index (χ2n) is 1.17. The van der Waals surface area contributed by atoms with Crippen LogP contribution in [0.5, 0.6) is 0 Å². The van der Waals surface area contributed by atoms with Crippen molar-refractivity contribution in [2.45, 2.75) is 0 Å². The Bertz CT molecular complexity index is 89.7. The molecule has 7 heavy (non-hydrogen) atoms. The van der Waals surface area contributed by atoms with Crippen molar-refractivity contribution in [1.82, 2.24) is 0 Å². The van der Waals surface area contributed by atoms with Gasteiger partial charge in [-0.05, 0) is 0 Å². The van der Waals surface area contributed by atoms with E-state index >= 15 is 0 Å². The van der Waals surface area contributed by atoms with Crippen LogP contribution in [0, 0.1) is 6.54 Å². The molecule has 39 valence electrons. The van der Waals surface area contributed by atoms with E-state index in [0.29, 0.717) is 12.5 Å². The lowest BCUT2D eigenvalue weighted by Crippen LogP contribution is -2.02. The van der Waals surface area contributed by atoms with Crippen LogP contribution in [0.3, 0.4) is 0 Å². The molecule has 0 fully saturated rings. The van der Waals surface area contributed by atoms with Gasteiger partial charge >= 0.3 is 0 Å². The molecule has 1 heterocycles. The van der Waals surface area contributed by atoms with Crippen LogP contribution in [0.25, 0.3) is 0 Å². The quantitative estimate of drug-likeness (QED) is 0.485. The molecule has 3 heteroatoms. The number of hydrogen-bond acceptors (Lipinski definition) is 3. The van der Waals surface area contributed by atoms with Gasteiger partial charge in [0, 0.05) is 0 Å². The normalized spacial score (nSPS) is 18.7. The lowest BCUT2D eigenvalue weighted by Gasteiger charge is -1.91. The van der Waals surface area contributed by atoms with Gasteiger partial charge in [0.25, 0.3) is 0 Å². The molecule has 0 aromatic rings. The molecule has 0 aromatic heterocycles. The van der Waals surface area contributed by atoms with Crippen molar-refractivity contribution in [3.63, 3.8) is 0 Å². The predicted molar refractivity (Wildman–Crippen MR) is 24.8 cm³/mol. The molecular weight excluding hydrogens is 94.0 g/mol. The molecule has 0 aromatic carbocycles. The summed E-state index contributed by atoms with van der Waals surface area (Å²) in [5.41, 5.74) is 0. The monoisotopic (exact) mass is 100 g/mol. The number of nitrogens with zero attached hydrogens (tertiary/aromatic N) is 1. The van der Waals surface area contributed by atoms with E-state index in [-0.39, 0.29) is 6.61 Å². The summed E-state index contributed by atoms with van der Waals surface area (Å²) in [5.74, 6) is 0.417. The van der Waals surface area contributed by atoms with Crippen LogP contribution < -0.4 is 0 Å². The Morgan fingerprint density at radius 1 is 2.00 bits per heavy atom. The molecule has 0 saturated carbocycles. The minimum atomic E-state index is -0.0868. The Labute approximate surface area is 41.6 Å². The second kappa shape index (κ2) is 1.93. The van der Waals surface area contributed by atoms with Gasteiger partial charge < -0.3 is 9.84 Å². The van der Waals surface area contributed by atoms with Gasteiger partial charge in [0.1, 0.15) is 19.8 Å². The number of aliphatic hydroxyl groups excluding tert-OH is 1. The Morgan fingerprint density at radius 3 is 3.14 bits per heavy atom. The molecule has 1 aliphatic rings. The average molecular weight is 100 g/mol. The van der Waals surface area contributed by atoms with E-state index in [1.165, 1.54) is 0 Å². The fourth-order valence-electron chi connectivity index (χ4n) is 0.396. The zero-order valence-electron chi connectivity index (χ0n) is 3.79. The van der Waals surface area contributed by atoms with Gasteiger partial charge in [0.15, 0.2) is 0 Å². The van der Waals surface area contributed by atoms with Crippen LogP contribution >= 0.6 is 0 Å². The predicted octanol–water partition coefficient (Wildman–Crippen LogP) is -0.431. The highest BCUT2D eigenvalue weighted by molar-refractivity contribution is 5.78. The SMILES string of the molecule is OCC1=N[CH]CO1. The number of rotatable bonds is 1. The lowest BCUT2D eigenvalue weighted by molar-refractivity contribution is 0.287. The zero-order valence-corrected chi connectivity index (χ0v) is 3.79. The largest absolute Gasteiger partial charge is 0.477 e. The highest BCUT2D eigenvalue weighted by Crippen LogP contribution is 1.95. The van der Waals surface area contributed by atoms with E-state index in [4.69, 9.17) is 9.84 Å². The summed E-state index contributed by atoms with van der Waals surface area (Å²) in [5, 5.41) is 8.29. The second-order valence-corrected chi connectivity index (χ2v) is 1.17. The maximum absolute atomic E-state index is 8.29. The van der Waals surface area contributed by atoms with Crippen LogP contribution in [0.1, 0.15) is 0 Å². The fraction of sp³-hybridized carbons (Fsp3) is 0.500. The van der Waals surface area contributed by atoms with Crippen molar-refractivity contribution >= 4 is 5.90 Å². The first-order valence-electron chi connectivity index (χ1n) is 2.05. The number of aliphatic hydroxyl groups is 1. The van der Waals surface area contributed by atoms with E-state index in [1.807, 2.05) is 0 Å². The minimum absolute atomic E-state index is 0.0868. The third-order valence-electron chi connectivity index (χ3n) is 0.695. The van der Waals surface area contributed by atoms with Gasteiger partial charge in [0.2, 0.25) is 5.90 Å². The molecule has 1 aliphatic heterocycles. The maximum Gasteiger partial charge on any atom is 0.210 e. The summed E-state index contributed by atoms with van der Waals surface area (Å²) in [4.78, 5) is 3.67. The molecule has 0 atom stereocenters. The summed E-state index contributed by atoms with van der Waals surface area (Å²) >= 11 is 0. The number of ether oxygens (including phenoxy) is 1. The van der Waals surface area contributed by atoms with Crippen molar-refractivity contribution in [2.24, 2.45) is 4.99 Å². The molecule has 0 saturated heterocycles. The molecular formula is C4H6NO2. The molecule has 1 N–H and O–H groups in total. The molecule has 0 aliphatic carbocycles. The molecule has 0 bridgehead atoms. The van der Waals surface area contributed by atoms with Crippen molar-refractivity contribution in [1.29, 1.82) is 0 Å². The van der Waals surface area contributed by atoms with Gasteiger partial charge in [0.05, 0.1) is 0 Å². The van der Waals surface area contributed by atoms with E-state index < -0.39 is 0 Å². The minimum Gasteiger partial charge on any atom is -0.477 e. The Kier molecular flexibility index (Phi) is 1.26. The molecule has 0 spiro atoms. The highest BCUT2D eigenvalue weighted by Gasteiger charge is 2.03. The summed E-state index contributed by atoms with van der Waals surface area (Å²) < 4.78 is 4.75. The maximum atomic E-state index is 8.29. The lowest BCUT2D eigenvalue weighted by atomic mass is 10.7. The van der Waals surface area contributed by atoms with E-state index in [1.54, 1.807) is 6.54 Å². The molecule has 0 unspecified atom stereocenters. The molecule has 1 rings (SSSR count). The molecule has 3 nitrogen and oxygen atoms in total. The fourth-order valence-corrected chi connectivity index (χ4v) is 0.396. The third-order valence-corrected chi connectivity index (χ3v) is 0.695. The van der Waals surface area contributed by atoms with Crippen molar-refractivity contribution in [2.75, 3.05) is 13.2 Å². The van der Waals surface area contributed by atoms with Gasteiger partial charge in [-0.2, -0.15) is 0 Å². The van der Waals surface area contributed by atoms with Crippen molar-refractivity contribution in [3.8, 4) is 0 Å². The number of aliphatic imine (C=N–C) groups is 1. The summed E-state index contributed by atoms with van der Waals surface area (Å²) in [6.45, 7) is 2.04. The zero-order chi connectivity index (χ0) is 5.11. The summed E-state index contributed by atoms with van der Waals surface area (Å²) in [6, 6.07) is 0. The Hall–Kier alpha value is -0.570. The van der Waals surface area contributed by atoms with Crippen LogP contribution in [0.2, 0.25) is 0 Å². The highest BCUT2D eigenvalue weighted by atomic mass is 16.5. The van der Waals surface area contributed by atoms with Crippen molar-refractivity contribution < 1.29 is 9.84 Å². The van der Waals surface area contributed by atoms with Gasteiger partial charge in [-0.3, -0.25) is 0 Å². The van der Waals surface area contributed by atoms with Crippen LogP contribution in [-0.2, 0) is 4.74 Å². The first-order chi connectivity index (χ1) is 3.43. The molecule has 1 radical (unpaired) electrons. The Balaban J connectivity index is 2.36. The smallest absolute Gasteiger partial charge is 0.210 e. The summed E-state index contributed by atoms with van der Waals surface area (Å²) in [6.07, 6.45) is 0. The van der Waals surface area contributed by atoms with E-state index in [0.717, 1.165) is 0 Å². The standard InChI is InChI=1S/C4H6NO2/c6-3-4-5-1-2-7-4/h1,6H,2-3H2. The van der Waals surface area contributed by atoms with Crippen LogP contribution in [0.4, 0.5) is 0 Å². The van der Waals surface area contributed by atoms with E-state index in [9.17, 15) is 0 Å². The third kappa shape index (κ3) is 0.899.